The van der Waals surface area contributed by atoms with E-state index in [0.717, 1.165) is 0 Å². The summed E-state index contributed by atoms with van der Waals surface area (Å²) in [5, 5.41) is -14.4. The molecule has 0 N–H and O–H groups in total. The first-order valence-electron chi connectivity index (χ1n) is 2.89. The Bertz CT molecular complexity index is 154. The van der Waals surface area contributed by atoms with Crippen LogP contribution < -0.4 is 0 Å². The van der Waals surface area contributed by atoms with E-state index >= 15 is 0 Å². The molecule has 0 fully saturated rings. The van der Waals surface area contributed by atoms with Crippen molar-refractivity contribution in [3.05, 3.63) is 0 Å². The van der Waals surface area contributed by atoms with Crippen LogP contribution >= 0.6 is 0 Å². The van der Waals surface area contributed by atoms with E-state index in [1.54, 1.807) is 0 Å². The van der Waals surface area contributed by atoms with Crippen molar-refractivity contribution in [2.45, 2.75) is 15.5 Å². The molecule has 0 heterocycles. The van der Waals surface area contributed by atoms with E-state index < -0.39 is 34.3 Å². The second-order valence-corrected chi connectivity index (χ2v) is 10.2. The van der Waals surface area contributed by atoms with Gasteiger partial charge in [-0.15, -0.1) is 0 Å². The van der Waals surface area contributed by atoms with Crippen LogP contribution in [0.4, 0.5) is 35.1 Å². The van der Waals surface area contributed by atoms with Crippen LogP contribution in [-0.4, -0.2) is 34.3 Å². The van der Waals surface area contributed by atoms with Gasteiger partial charge in [0, 0.05) is 0 Å². The zero-order valence-corrected chi connectivity index (χ0v) is 7.98. The molecule has 0 atom stereocenters. The molecule has 80 valence electrons. The Hall–Kier alpha value is -0.0171. The van der Waals surface area contributed by atoms with Gasteiger partial charge in [-0.2, -0.15) is 0 Å². The molecule has 0 nitrogen and oxygen atoms in total. The Labute approximate surface area is 70.3 Å². The number of halogens is 8. The first-order valence-corrected chi connectivity index (χ1v) is 7.84. The number of rotatable bonds is 3. The molecule has 0 saturated carbocycles. The number of hydrogen-bond acceptors (Lipinski definition) is 0. The Balaban J connectivity index is 5.12. The molecule has 0 radical (unpaired) electrons. The topological polar surface area (TPSA) is 0 Å². The van der Waals surface area contributed by atoms with Crippen molar-refractivity contribution in [2.24, 2.45) is 0 Å². The van der Waals surface area contributed by atoms with Gasteiger partial charge in [-0.25, -0.2) is 0 Å². The molecular weight excluding hydrogens is 273 g/mol. The van der Waals surface area contributed by atoms with Crippen molar-refractivity contribution in [1.82, 2.24) is 0 Å². The number of hydrogen-bond donors (Lipinski definition) is 0. The van der Waals surface area contributed by atoms with Gasteiger partial charge in [0.25, 0.3) is 0 Å². The molecule has 0 aliphatic carbocycles. The van der Waals surface area contributed by atoms with Gasteiger partial charge >= 0.3 is 69.4 Å². The van der Waals surface area contributed by atoms with E-state index in [4.69, 9.17) is 0 Å². The summed E-state index contributed by atoms with van der Waals surface area (Å²) in [7, 11) is 0. The summed E-state index contributed by atoms with van der Waals surface area (Å²) in [4.78, 5) is 0. The Morgan fingerprint density at radius 3 is 1.23 bits per heavy atom. The molecule has 13 heavy (non-hydrogen) atoms. The van der Waals surface area contributed by atoms with Crippen LogP contribution in [0, 0.1) is 0 Å². The van der Waals surface area contributed by atoms with Gasteiger partial charge in [-0.05, 0) is 0 Å². The summed E-state index contributed by atoms with van der Waals surface area (Å²) in [5.74, 6) is 0. The third kappa shape index (κ3) is 2.08. The van der Waals surface area contributed by atoms with Crippen LogP contribution in [0.1, 0.15) is 0 Å². The minimum absolute atomic E-state index is 2.65. The predicted octanol–water partition coefficient (Wildman–Crippen LogP) is 2.65. The summed E-state index contributed by atoms with van der Waals surface area (Å²) < 4.78 is 94.0. The van der Waals surface area contributed by atoms with Crippen LogP contribution in [0.3, 0.4) is 0 Å². The summed E-state index contributed by atoms with van der Waals surface area (Å²) in [6.45, 7) is 0. The summed E-state index contributed by atoms with van der Waals surface area (Å²) in [6.07, 6.45) is 0. The molecule has 0 rings (SSSR count). The van der Waals surface area contributed by atoms with E-state index in [1.807, 2.05) is 0 Å². The molecule has 0 saturated heterocycles. The fraction of sp³-hybridized carbons (Fsp3) is 1.00. The molecule has 0 aromatic heterocycles. The molecule has 0 spiro atoms. The Kier molecular flexibility index (Phi) is 4.01. The second-order valence-electron chi connectivity index (χ2n) is 2.27. The maximum absolute atomic E-state index is 11.8. The first kappa shape index (κ1) is 13.0. The fourth-order valence-electron chi connectivity index (χ4n) is 0.535. The zero-order valence-electron chi connectivity index (χ0n) is 5.89. The van der Waals surface area contributed by atoms with E-state index in [9.17, 15) is 35.1 Å². The average molecular weight is 277 g/mol. The van der Waals surface area contributed by atoms with E-state index in [-0.39, 0.29) is 0 Å². The van der Waals surface area contributed by atoms with Gasteiger partial charge in [0.2, 0.25) is 0 Å². The van der Waals surface area contributed by atoms with E-state index in [1.165, 1.54) is 0 Å². The third-order valence-electron chi connectivity index (χ3n) is 1.53. The monoisotopic (exact) mass is 278 g/mol. The molecule has 0 amide bonds. The van der Waals surface area contributed by atoms with Crippen LogP contribution in [0.15, 0.2) is 0 Å². The second kappa shape index (κ2) is 4.01. The predicted molar refractivity (Wildman–Crippen MR) is 29.8 cm³/mol. The normalized spacial score (nSPS) is 14.3. The van der Waals surface area contributed by atoms with Crippen molar-refractivity contribution >= 4 is 13.3 Å². The molecule has 0 aromatic carbocycles. The van der Waals surface area contributed by atoms with Crippen molar-refractivity contribution in [1.29, 1.82) is 0 Å². The molecule has 9 heteroatoms. The van der Waals surface area contributed by atoms with Crippen molar-refractivity contribution in [3.63, 3.8) is 0 Å². The van der Waals surface area contributed by atoms with Gasteiger partial charge in [-0.3, -0.25) is 0 Å². The summed E-state index contributed by atoms with van der Waals surface area (Å²) >= 11 is -7.02. The van der Waals surface area contributed by atoms with Crippen molar-refractivity contribution in [3.8, 4) is 0 Å². The third-order valence-corrected chi connectivity index (χ3v) is 7.94. The first-order chi connectivity index (χ1) is 5.70. The zero-order chi connectivity index (χ0) is 10.9. The maximum atomic E-state index is 11.8. The van der Waals surface area contributed by atoms with Gasteiger partial charge in [0.15, 0.2) is 0 Å². The van der Waals surface area contributed by atoms with E-state index in [0.29, 0.717) is 0 Å². The number of alkyl halides is 8. The quantitative estimate of drug-likeness (QED) is 0.549. The molecule has 0 aliphatic rings. The summed E-state index contributed by atoms with van der Waals surface area (Å²) in [6, 6.07) is 0. The molecular formula is C4H4F8Ge. The van der Waals surface area contributed by atoms with Crippen LogP contribution in [-0.2, 0) is 0 Å². The average Bonchev–Trinajstić information content (AvgIpc) is 1.83. The summed E-state index contributed by atoms with van der Waals surface area (Å²) in [5.41, 5.74) is -2.65. The Morgan fingerprint density at radius 1 is 0.923 bits per heavy atom. The van der Waals surface area contributed by atoms with Gasteiger partial charge in [-0.1, -0.05) is 0 Å². The minimum atomic E-state index is -7.02. The molecule has 0 aromatic rings. The van der Waals surface area contributed by atoms with E-state index in [2.05, 4.69) is 0 Å². The SMILES string of the molecule is F[CH2][Ge]([CH](F)F)([CH](F)F)[C](F)(F)F. The standard InChI is InChI=1S/C4H4F8Ge/c5-1-13(2(6)7,3(8)9)4(10,11)12/h2-3H,1H2. The Morgan fingerprint density at radius 2 is 1.23 bits per heavy atom. The van der Waals surface area contributed by atoms with Crippen LogP contribution in [0.5, 0.6) is 0 Å². The van der Waals surface area contributed by atoms with Gasteiger partial charge in [0.05, 0.1) is 0 Å². The molecule has 0 bridgehead atoms. The molecule has 0 aliphatic heterocycles. The molecule has 0 unspecified atom stereocenters. The van der Waals surface area contributed by atoms with Crippen molar-refractivity contribution < 1.29 is 35.1 Å². The van der Waals surface area contributed by atoms with Crippen molar-refractivity contribution in [2.75, 3.05) is 5.51 Å². The fourth-order valence-corrected chi connectivity index (χ4v) is 2.78. The van der Waals surface area contributed by atoms with Crippen LogP contribution in [0.25, 0.3) is 0 Å². The van der Waals surface area contributed by atoms with Crippen LogP contribution in [0.2, 0.25) is 0 Å². The van der Waals surface area contributed by atoms with Gasteiger partial charge in [0.1, 0.15) is 0 Å². The van der Waals surface area contributed by atoms with Gasteiger partial charge < -0.3 is 0 Å².